The minimum Gasteiger partial charge on any atom is -0.390 e. The first-order valence-electron chi connectivity index (χ1n) is 11.7. The average molecular weight is 378 g/mol. The SMILES string of the molecule is CCCCCCCCCCCCCCCC=CC1=NC=C[N+]1(CC)CCO. The Bertz CT molecular complexity index is 442. The van der Waals surface area contributed by atoms with Crippen LogP contribution in [-0.2, 0) is 0 Å². The highest BCUT2D eigenvalue weighted by Crippen LogP contribution is 2.18. The second kappa shape index (κ2) is 16.1. The highest BCUT2D eigenvalue weighted by atomic mass is 16.3. The van der Waals surface area contributed by atoms with Crippen molar-refractivity contribution in [2.24, 2.45) is 4.99 Å². The van der Waals surface area contributed by atoms with Gasteiger partial charge in [0.15, 0.2) is 0 Å². The fourth-order valence-corrected chi connectivity index (χ4v) is 3.88. The van der Waals surface area contributed by atoms with Gasteiger partial charge in [-0.25, -0.2) is 4.48 Å². The van der Waals surface area contributed by atoms with Gasteiger partial charge in [-0.15, -0.1) is 0 Å². The van der Waals surface area contributed by atoms with E-state index < -0.39 is 0 Å². The van der Waals surface area contributed by atoms with Crippen molar-refractivity contribution in [1.82, 2.24) is 0 Å². The molecule has 0 saturated heterocycles. The molecule has 0 aromatic carbocycles. The Hall–Kier alpha value is -0.930. The molecule has 0 amide bonds. The fraction of sp³-hybridized carbons (Fsp3) is 0.792. The van der Waals surface area contributed by atoms with E-state index in [0.717, 1.165) is 25.3 Å². The molecule has 27 heavy (non-hydrogen) atoms. The fourth-order valence-electron chi connectivity index (χ4n) is 3.88. The monoisotopic (exact) mass is 377 g/mol. The van der Waals surface area contributed by atoms with Gasteiger partial charge in [0.05, 0.1) is 19.4 Å². The van der Waals surface area contributed by atoms with Gasteiger partial charge in [0, 0.05) is 6.08 Å². The number of rotatable bonds is 18. The van der Waals surface area contributed by atoms with E-state index in [2.05, 4.69) is 37.2 Å². The van der Waals surface area contributed by atoms with Gasteiger partial charge < -0.3 is 5.11 Å². The molecule has 1 aliphatic heterocycles. The summed E-state index contributed by atoms with van der Waals surface area (Å²) in [5.74, 6) is 1.07. The van der Waals surface area contributed by atoms with Crippen LogP contribution in [0, 0.1) is 0 Å². The molecule has 1 aliphatic rings. The van der Waals surface area contributed by atoms with Crippen LogP contribution in [-0.4, -0.2) is 35.1 Å². The van der Waals surface area contributed by atoms with Crippen LogP contribution in [0.3, 0.4) is 0 Å². The highest BCUT2D eigenvalue weighted by molar-refractivity contribution is 5.89. The Morgan fingerprint density at radius 3 is 1.93 bits per heavy atom. The van der Waals surface area contributed by atoms with E-state index in [1.807, 2.05) is 6.20 Å². The Balaban J connectivity index is 1.95. The van der Waals surface area contributed by atoms with E-state index in [1.165, 1.54) is 83.5 Å². The molecule has 3 nitrogen and oxygen atoms in total. The Kier molecular flexibility index (Phi) is 14.3. The van der Waals surface area contributed by atoms with Crippen molar-refractivity contribution < 1.29 is 9.59 Å². The Morgan fingerprint density at radius 1 is 0.852 bits per heavy atom. The van der Waals surface area contributed by atoms with E-state index in [1.54, 1.807) is 0 Å². The van der Waals surface area contributed by atoms with Crippen molar-refractivity contribution in [3.8, 4) is 0 Å². The highest BCUT2D eigenvalue weighted by Gasteiger charge is 2.31. The Morgan fingerprint density at radius 2 is 1.41 bits per heavy atom. The van der Waals surface area contributed by atoms with E-state index in [0.29, 0.717) is 4.48 Å². The average Bonchev–Trinajstić information content (AvgIpc) is 3.08. The molecule has 3 heteroatoms. The second-order valence-corrected chi connectivity index (χ2v) is 8.02. The number of quaternary nitrogens is 1. The van der Waals surface area contributed by atoms with Gasteiger partial charge in [-0.1, -0.05) is 90.0 Å². The summed E-state index contributed by atoms with van der Waals surface area (Å²) in [5, 5.41) is 9.32. The number of unbranched alkanes of at least 4 members (excludes halogenated alkanes) is 13. The van der Waals surface area contributed by atoms with E-state index in [-0.39, 0.29) is 6.61 Å². The lowest BCUT2D eigenvalue weighted by molar-refractivity contribution is -0.783. The molecule has 1 unspecified atom stereocenters. The number of aliphatic hydroxyl groups excluding tert-OH is 1. The zero-order valence-corrected chi connectivity index (χ0v) is 18.2. The quantitative estimate of drug-likeness (QED) is 0.208. The lowest BCUT2D eigenvalue weighted by atomic mass is 10.0. The van der Waals surface area contributed by atoms with Crippen LogP contribution < -0.4 is 0 Å². The molecule has 0 spiro atoms. The van der Waals surface area contributed by atoms with Gasteiger partial charge in [0.25, 0.3) is 0 Å². The molecule has 1 rings (SSSR count). The van der Waals surface area contributed by atoms with Crippen LogP contribution in [0.2, 0.25) is 0 Å². The van der Waals surface area contributed by atoms with Crippen LogP contribution in [0.5, 0.6) is 0 Å². The predicted molar refractivity (Wildman–Crippen MR) is 119 cm³/mol. The minimum absolute atomic E-state index is 0.198. The number of aliphatic hydroxyl groups is 1. The molecule has 0 radical (unpaired) electrons. The third-order valence-electron chi connectivity index (χ3n) is 5.82. The summed E-state index contributed by atoms with van der Waals surface area (Å²) < 4.78 is 0.686. The molecular formula is C24H45N2O+. The predicted octanol–water partition coefficient (Wildman–Crippen LogP) is 6.74. The number of hydrogen-bond acceptors (Lipinski definition) is 2. The summed E-state index contributed by atoms with van der Waals surface area (Å²) >= 11 is 0. The van der Waals surface area contributed by atoms with Gasteiger partial charge in [-0.05, 0) is 19.8 Å². The maximum absolute atomic E-state index is 9.32. The van der Waals surface area contributed by atoms with Gasteiger partial charge in [0.1, 0.15) is 12.7 Å². The molecule has 0 saturated carbocycles. The summed E-state index contributed by atoms with van der Waals surface area (Å²) in [7, 11) is 0. The summed E-state index contributed by atoms with van der Waals surface area (Å²) in [6, 6.07) is 0. The van der Waals surface area contributed by atoms with Crippen molar-refractivity contribution in [3.05, 3.63) is 24.6 Å². The molecular weight excluding hydrogens is 332 g/mol. The standard InChI is InChI=1S/C24H45N2O/c1-3-5-6-7-8-9-10-11-12-13-14-15-16-17-18-19-24-25-20-21-26(24,4-2)22-23-27/h18-21,27H,3-17,22-23H2,1-2H3/q+1. The lowest BCUT2D eigenvalue weighted by Crippen LogP contribution is -2.47. The van der Waals surface area contributed by atoms with E-state index >= 15 is 0 Å². The topological polar surface area (TPSA) is 32.6 Å². The van der Waals surface area contributed by atoms with Gasteiger partial charge in [0.2, 0.25) is 5.84 Å². The first kappa shape index (κ1) is 24.1. The van der Waals surface area contributed by atoms with Crippen molar-refractivity contribution in [1.29, 1.82) is 0 Å². The third-order valence-corrected chi connectivity index (χ3v) is 5.82. The van der Waals surface area contributed by atoms with Crippen LogP contribution in [0.4, 0.5) is 0 Å². The van der Waals surface area contributed by atoms with E-state index in [4.69, 9.17) is 0 Å². The van der Waals surface area contributed by atoms with Crippen molar-refractivity contribution in [3.63, 3.8) is 0 Å². The van der Waals surface area contributed by atoms with Crippen molar-refractivity contribution in [2.45, 2.75) is 104 Å². The van der Waals surface area contributed by atoms with Crippen LogP contribution >= 0.6 is 0 Å². The molecule has 0 fully saturated rings. The van der Waals surface area contributed by atoms with Gasteiger partial charge >= 0.3 is 0 Å². The van der Waals surface area contributed by atoms with Crippen LogP contribution in [0.25, 0.3) is 0 Å². The zero-order chi connectivity index (χ0) is 19.6. The molecule has 0 aromatic rings. The maximum Gasteiger partial charge on any atom is 0.232 e. The third kappa shape index (κ3) is 10.3. The smallest absolute Gasteiger partial charge is 0.232 e. The first-order valence-corrected chi connectivity index (χ1v) is 11.7. The number of amidine groups is 1. The zero-order valence-electron chi connectivity index (χ0n) is 18.2. The number of likely N-dealkylation sites (N-methyl/N-ethyl adjacent to an activating group) is 1. The Labute approximate surface area is 168 Å². The number of hydrogen-bond donors (Lipinski definition) is 1. The number of nitrogens with zero attached hydrogens (tertiary/aromatic N) is 2. The van der Waals surface area contributed by atoms with Crippen molar-refractivity contribution in [2.75, 3.05) is 19.7 Å². The second-order valence-electron chi connectivity index (χ2n) is 8.02. The summed E-state index contributed by atoms with van der Waals surface area (Å²) in [6.45, 7) is 6.30. The first-order chi connectivity index (χ1) is 13.3. The summed E-state index contributed by atoms with van der Waals surface area (Å²) in [4.78, 5) is 4.49. The minimum atomic E-state index is 0.198. The number of aliphatic imine (C=N–C) groups is 1. The van der Waals surface area contributed by atoms with Crippen LogP contribution in [0.15, 0.2) is 29.5 Å². The normalized spacial score (nSPS) is 19.3. The molecule has 0 aliphatic carbocycles. The summed E-state index contributed by atoms with van der Waals surface area (Å²) in [6.07, 6.45) is 27.8. The molecule has 156 valence electrons. The van der Waals surface area contributed by atoms with Gasteiger partial charge in [-0.2, -0.15) is 4.99 Å². The maximum atomic E-state index is 9.32. The van der Waals surface area contributed by atoms with Crippen LogP contribution in [0.1, 0.15) is 104 Å². The number of allylic oxidation sites excluding steroid dienone is 1. The van der Waals surface area contributed by atoms with Crippen molar-refractivity contribution >= 4 is 5.84 Å². The largest absolute Gasteiger partial charge is 0.390 e. The van der Waals surface area contributed by atoms with Gasteiger partial charge in [-0.3, -0.25) is 0 Å². The lowest BCUT2D eigenvalue weighted by Gasteiger charge is -2.28. The molecule has 1 atom stereocenters. The van der Waals surface area contributed by atoms with E-state index in [9.17, 15) is 5.11 Å². The molecule has 0 bridgehead atoms. The summed E-state index contributed by atoms with van der Waals surface area (Å²) in [5.41, 5.74) is 0. The molecule has 0 aromatic heterocycles. The molecule has 1 heterocycles. The molecule has 1 N–H and O–H groups in total.